The maximum atomic E-state index is 14.3. The van der Waals surface area contributed by atoms with Gasteiger partial charge in [-0.3, -0.25) is 48.7 Å². The standard InChI is InChI=1S/C40H76N20O8/c41-16-2-1-10-24(32(63)58-27(13-6-20-54-40(49)50)35(66)60-22-8-15-29(60)36(67)68)55-30(61)25(11-4-18-52-38(45)46)56-31(62)26(12-5-19-53-39(47)48)57-33(64)28-14-7-21-59(28)34(65)23(42)9-3-17-51-37(43)44/h23-29H,1-22,41-42H2,(H,55,61)(H,56,62)(H,57,64)(H,58,63)(H,67,68)(H4,43,44,51)(H4,45,46,52)(H4,47,48,53)(H4,49,50,54)/t23-,24-,25-,26-,27-,28-,29-/m0/s1. The highest BCUT2D eigenvalue weighted by atomic mass is 16.4. The lowest BCUT2D eigenvalue weighted by atomic mass is 10.0. The summed E-state index contributed by atoms with van der Waals surface area (Å²) in [6.07, 6.45) is 3.71. The first-order chi connectivity index (χ1) is 32.3. The minimum absolute atomic E-state index is 0.00411. The van der Waals surface area contributed by atoms with Crippen molar-refractivity contribution in [2.24, 2.45) is 77.3 Å². The van der Waals surface area contributed by atoms with E-state index in [0.29, 0.717) is 38.5 Å². The Morgan fingerprint density at radius 3 is 1.29 bits per heavy atom. The fraction of sp³-hybridized carbons (Fsp3) is 0.725. The summed E-state index contributed by atoms with van der Waals surface area (Å²) in [5.41, 5.74) is 55.7. The fourth-order valence-electron chi connectivity index (χ4n) is 7.80. The van der Waals surface area contributed by atoms with Gasteiger partial charge in [0.2, 0.25) is 35.4 Å². The number of amides is 6. The number of aliphatic imine (C=N–C) groups is 4. The van der Waals surface area contributed by atoms with Gasteiger partial charge in [0.1, 0.15) is 36.3 Å². The number of carboxylic acid groups (broad SMARTS) is 1. The Labute approximate surface area is 396 Å². The van der Waals surface area contributed by atoms with Crippen molar-refractivity contribution in [1.29, 1.82) is 0 Å². The topological polar surface area (TPSA) is 504 Å². The summed E-state index contributed by atoms with van der Waals surface area (Å²) in [6.45, 7) is 1.24. The van der Waals surface area contributed by atoms with Crippen LogP contribution in [0.25, 0.3) is 0 Å². The van der Waals surface area contributed by atoms with E-state index in [0.717, 1.165) is 0 Å². The van der Waals surface area contributed by atoms with Crippen LogP contribution >= 0.6 is 0 Å². The SMILES string of the molecule is NCCCC[C@H](NC(=O)[C@H](CCCN=C(N)N)NC(=O)[C@H](CCCN=C(N)N)NC(=O)[C@@H]1CCCN1C(=O)[C@@H](N)CCCN=C(N)N)C(=O)N[C@@H](CCCN=C(N)N)C(=O)N1CCC[C@H]1C(=O)O. The molecular formula is C40H76N20O8. The van der Waals surface area contributed by atoms with Crippen LogP contribution in [0.15, 0.2) is 20.0 Å². The largest absolute Gasteiger partial charge is 0.480 e. The van der Waals surface area contributed by atoms with E-state index in [4.69, 9.17) is 57.3 Å². The van der Waals surface area contributed by atoms with Crippen LogP contribution in [0.2, 0.25) is 0 Å². The first-order valence-corrected chi connectivity index (χ1v) is 23.0. The fourth-order valence-corrected chi connectivity index (χ4v) is 7.80. The Balaban J connectivity index is 2.41. The van der Waals surface area contributed by atoms with Gasteiger partial charge in [-0.25, -0.2) is 4.79 Å². The molecule has 2 fully saturated rings. The molecule has 2 rings (SSSR count). The number of carboxylic acids is 1. The lowest BCUT2D eigenvalue weighted by molar-refractivity contribution is -0.149. The monoisotopic (exact) mass is 965 g/mol. The number of nitrogens with zero attached hydrogens (tertiary/aromatic N) is 6. The van der Waals surface area contributed by atoms with Crippen molar-refractivity contribution in [3.05, 3.63) is 0 Å². The summed E-state index contributed by atoms with van der Waals surface area (Å²) in [7, 11) is 0. The van der Waals surface area contributed by atoms with Crippen molar-refractivity contribution < 1.29 is 38.7 Å². The van der Waals surface area contributed by atoms with E-state index in [-0.39, 0.29) is 127 Å². The number of hydrogen-bond donors (Lipinski definition) is 15. The molecule has 0 aromatic rings. The van der Waals surface area contributed by atoms with Crippen molar-refractivity contribution in [2.45, 2.75) is 139 Å². The first-order valence-electron chi connectivity index (χ1n) is 23.0. The average molecular weight is 965 g/mol. The molecule has 28 nitrogen and oxygen atoms in total. The molecule has 68 heavy (non-hydrogen) atoms. The first kappa shape index (κ1) is 57.4. The van der Waals surface area contributed by atoms with Crippen molar-refractivity contribution in [3.63, 3.8) is 0 Å². The van der Waals surface area contributed by atoms with Gasteiger partial charge < -0.3 is 93.5 Å². The van der Waals surface area contributed by atoms with Gasteiger partial charge in [-0.2, -0.15) is 0 Å². The second kappa shape index (κ2) is 30.6. The molecule has 2 aliphatic rings. The number of guanidine groups is 4. The molecule has 0 aromatic carbocycles. The summed E-state index contributed by atoms with van der Waals surface area (Å²) < 4.78 is 0. The van der Waals surface area contributed by atoms with E-state index in [1.165, 1.54) is 9.80 Å². The molecule has 28 heteroatoms. The Morgan fingerprint density at radius 2 is 0.868 bits per heavy atom. The summed E-state index contributed by atoms with van der Waals surface area (Å²) in [5.74, 6) is -5.84. The van der Waals surface area contributed by atoms with E-state index < -0.39 is 83.7 Å². The van der Waals surface area contributed by atoms with Crippen molar-refractivity contribution in [1.82, 2.24) is 31.1 Å². The molecule has 0 spiro atoms. The van der Waals surface area contributed by atoms with Gasteiger partial charge >= 0.3 is 5.97 Å². The molecule has 0 radical (unpaired) electrons. The third-order valence-corrected chi connectivity index (χ3v) is 11.2. The molecule has 0 saturated carbocycles. The third kappa shape index (κ3) is 20.9. The Morgan fingerprint density at radius 1 is 0.500 bits per heavy atom. The van der Waals surface area contributed by atoms with Crippen molar-refractivity contribution in [3.8, 4) is 0 Å². The zero-order valence-corrected chi connectivity index (χ0v) is 38.9. The lowest BCUT2D eigenvalue weighted by Crippen LogP contribution is -2.59. The average Bonchev–Trinajstić information content (AvgIpc) is 3.98. The van der Waals surface area contributed by atoms with Gasteiger partial charge in [0.15, 0.2) is 23.8 Å². The molecule has 25 N–H and O–H groups in total. The molecular weight excluding hydrogens is 889 g/mol. The van der Waals surface area contributed by atoms with Crippen LogP contribution in [-0.4, -0.2) is 168 Å². The van der Waals surface area contributed by atoms with Crippen molar-refractivity contribution >= 4 is 65.3 Å². The molecule has 6 amide bonds. The predicted octanol–water partition coefficient (Wildman–Crippen LogP) is -6.34. The summed E-state index contributed by atoms with van der Waals surface area (Å²) in [6, 6.07) is -8.02. The zero-order valence-electron chi connectivity index (χ0n) is 38.9. The second-order valence-corrected chi connectivity index (χ2v) is 16.6. The number of hydrogen-bond acceptors (Lipinski definition) is 13. The maximum absolute atomic E-state index is 14.3. The number of unbranched alkanes of at least 4 members (excludes halogenated alkanes) is 1. The zero-order chi connectivity index (χ0) is 50.8. The highest BCUT2D eigenvalue weighted by molar-refractivity contribution is 5.97. The van der Waals surface area contributed by atoms with Gasteiger partial charge in [0.05, 0.1) is 6.04 Å². The molecule has 0 unspecified atom stereocenters. The van der Waals surface area contributed by atoms with Gasteiger partial charge in [-0.15, -0.1) is 0 Å². The Kier molecular flexibility index (Phi) is 25.8. The van der Waals surface area contributed by atoms with Crippen molar-refractivity contribution in [2.75, 3.05) is 45.8 Å². The van der Waals surface area contributed by atoms with E-state index in [2.05, 4.69) is 41.2 Å². The smallest absolute Gasteiger partial charge is 0.326 e. The van der Waals surface area contributed by atoms with E-state index >= 15 is 0 Å². The molecule has 2 aliphatic heterocycles. The van der Waals surface area contributed by atoms with Gasteiger partial charge in [-0.05, 0) is 103 Å². The molecule has 0 aliphatic carbocycles. The number of rotatable bonds is 31. The van der Waals surface area contributed by atoms with Crippen LogP contribution < -0.4 is 78.6 Å². The van der Waals surface area contributed by atoms with Crippen LogP contribution in [0.4, 0.5) is 0 Å². The van der Waals surface area contributed by atoms with Crippen LogP contribution in [-0.2, 0) is 33.6 Å². The summed E-state index contributed by atoms with van der Waals surface area (Å²) >= 11 is 0. The van der Waals surface area contributed by atoms with Crippen LogP contribution in [0.5, 0.6) is 0 Å². The molecule has 7 atom stereocenters. The molecule has 384 valence electrons. The normalized spacial score (nSPS) is 17.6. The van der Waals surface area contributed by atoms with Gasteiger partial charge in [-0.1, -0.05) is 0 Å². The van der Waals surface area contributed by atoms with Crippen LogP contribution in [0.3, 0.4) is 0 Å². The molecule has 2 heterocycles. The number of nitrogens with one attached hydrogen (secondary N) is 4. The number of nitrogens with two attached hydrogens (primary N) is 10. The highest BCUT2D eigenvalue weighted by Gasteiger charge is 2.40. The second-order valence-electron chi connectivity index (χ2n) is 16.6. The minimum Gasteiger partial charge on any atom is -0.480 e. The van der Waals surface area contributed by atoms with Crippen LogP contribution in [0, 0.1) is 0 Å². The molecule has 0 bridgehead atoms. The highest BCUT2D eigenvalue weighted by Crippen LogP contribution is 2.21. The Hall–Kier alpha value is -6.71. The summed E-state index contributed by atoms with van der Waals surface area (Å²) in [5, 5.41) is 20.7. The predicted molar refractivity (Wildman–Crippen MR) is 255 cm³/mol. The van der Waals surface area contributed by atoms with Gasteiger partial charge in [0.25, 0.3) is 0 Å². The number of aliphatic carboxylic acids is 1. The van der Waals surface area contributed by atoms with E-state index in [1.54, 1.807) is 0 Å². The molecule has 2 saturated heterocycles. The minimum atomic E-state index is -1.32. The van der Waals surface area contributed by atoms with Gasteiger partial charge in [0, 0.05) is 39.3 Å². The number of carbonyl (C=O) groups is 7. The third-order valence-electron chi connectivity index (χ3n) is 11.2. The van der Waals surface area contributed by atoms with E-state index in [9.17, 15) is 38.7 Å². The quantitative estimate of drug-likeness (QED) is 0.0175. The maximum Gasteiger partial charge on any atom is 0.326 e. The molecule has 0 aromatic heterocycles. The number of carbonyl (C=O) groups excluding carboxylic acids is 6. The Bertz CT molecular complexity index is 1800. The van der Waals surface area contributed by atoms with Crippen LogP contribution in [0.1, 0.15) is 96.3 Å². The summed E-state index contributed by atoms with van der Waals surface area (Å²) in [4.78, 5) is 114. The lowest BCUT2D eigenvalue weighted by Gasteiger charge is -2.30. The number of likely N-dealkylation sites (tertiary alicyclic amines) is 2. The van der Waals surface area contributed by atoms with E-state index in [1.807, 2.05) is 0 Å².